The van der Waals surface area contributed by atoms with Crippen LogP contribution in [0.25, 0.3) is 0 Å². The van der Waals surface area contributed by atoms with Gasteiger partial charge in [-0.25, -0.2) is 4.79 Å². The van der Waals surface area contributed by atoms with Gasteiger partial charge in [0.15, 0.2) is 0 Å². The molecule has 0 bridgehead atoms. The average molecular weight is 258 g/mol. The number of ether oxygens (including phenoxy) is 1. The number of carbonyl (C=O) groups is 2. The van der Waals surface area contributed by atoms with Crippen molar-refractivity contribution in [2.75, 3.05) is 26.8 Å². The van der Waals surface area contributed by atoms with Gasteiger partial charge in [0.05, 0.1) is 13.7 Å². The van der Waals surface area contributed by atoms with Gasteiger partial charge in [-0.3, -0.25) is 9.69 Å². The summed E-state index contributed by atoms with van der Waals surface area (Å²) < 4.78 is 4.68. The van der Waals surface area contributed by atoms with Gasteiger partial charge in [0.25, 0.3) is 0 Å². The van der Waals surface area contributed by atoms with Crippen molar-refractivity contribution in [3.8, 4) is 0 Å². The predicted octanol–water partition coefficient (Wildman–Crippen LogP) is -0.633. The molecule has 6 heteroatoms. The molecular weight excluding hydrogens is 236 g/mol. The van der Waals surface area contributed by atoms with Gasteiger partial charge in [-0.1, -0.05) is 6.92 Å². The Morgan fingerprint density at radius 3 is 2.72 bits per heavy atom. The average Bonchev–Trinajstić information content (AvgIpc) is 2.67. The van der Waals surface area contributed by atoms with Gasteiger partial charge in [0.1, 0.15) is 6.04 Å². The van der Waals surface area contributed by atoms with Gasteiger partial charge < -0.3 is 15.2 Å². The molecule has 0 spiro atoms. The largest absolute Gasteiger partial charge is 0.467 e. The maximum Gasteiger partial charge on any atom is 0.329 e. The Morgan fingerprint density at radius 1 is 1.56 bits per heavy atom. The highest BCUT2D eigenvalue weighted by Gasteiger charge is 2.34. The maximum atomic E-state index is 11.6. The molecule has 0 aliphatic carbocycles. The summed E-state index contributed by atoms with van der Waals surface area (Å²) in [4.78, 5) is 24.7. The molecular formula is C12H22N2O4. The molecule has 0 aromatic rings. The number of methoxy groups -OCH3 is 1. The number of rotatable bonds is 5. The van der Waals surface area contributed by atoms with E-state index in [2.05, 4.69) is 17.0 Å². The van der Waals surface area contributed by atoms with Gasteiger partial charge in [-0.2, -0.15) is 0 Å². The van der Waals surface area contributed by atoms with E-state index in [1.165, 1.54) is 14.0 Å². The standard InChI is InChI=1S/C12H22N2O4/c1-8-4-5-14(11(8)7-15)6-10(12(17)18-3)13-9(2)16/h8,10-11,15H,4-7H2,1-3H3,(H,13,16). The Morgan fingerprint density at radius 2 is 2.22 bits per heavy atom. The molecule has 104 valence electrons. The first-order valence-corrected chi connectivity index (χ1v) is 6.19. The van der Waals surface area contributed by atoms with Crippen LogP contribution in [0.4, 0.5) is 0 Å². The second-order valence-electron chi connectivity index (χ2n) is 4.79. The highest BCUT2D eigenvalue weighted by Crippen LogP contribution is 2.23. The molecule has 0 aromatic heterocycles. The molecule has 18 heavy (non-hydrogen) atoms. The fourth-order valence-electron chi connectivity index (χ4n) is 2.41. The predicted molar refractivity (Wildman–Crippen MR) is 65.8 cm³/mol. The molecule has 1 aliphatic rings. The first-order chi connectivity index (χ1) is 8.49. The summed E-state index contributed by atoms with van der Waals surface area (Å²) in [5.74, 6) is -0.328. The Balaban J connectivity index is 2.65. The van der Waals surface area contributed by atoms with E-state index in [0.29, 0.717) is 12.5 Å². The molecule has 0 saturated carbocycles. The SMILES string of the molecule is COC(=O)C(CN1CCC(C)C1CO)NC(C)=O. The summed E-state index contributed by atoms with van der Waals surface area (Å²) in [6, 6.07) is -0.627. The van der Waals surface area contributed by atoms with Crippen molar-refractivity contribution in [1.29, 1.82) is 0 Å². The third-order valence-electron chi connectivity index (χ3n) is 3.46. The van der Waals surface area contributed by atoms with Crippen molar-refractivity contribution in [3.63, 3.8) is 0 Å². The van der Waals surface area contributed by atoms with E-state index in [-0.39, 0.29) is 18.6 Å². The molecule has 0 radical (unpaired) electrons. The van der Waals surface area contributed by atoms with Gasteiger partial charge in [0.2, 0.25) is 5.91 Å². The van der Waals surface area contributed by atoms with E-state index in [1.807, 2.05) is 4.90 Å². The zero-order valence-corrected chi connectivity index (χ0v) is 11.2. The molecule has 3 unspecified atom stereocenters. The number of nitrogens with one attached hydrogen (secondary N) is 1. The summed E-state index contributed by atoms with van der Waals surface area (Å²) in [6.07, 6.45) is 0.985. The number of hydrogen-bond acceptors (Lipinski definition) is 5. The van der Waals surface area contributed by atoms with Gasteiger partial charge in [-0.15, -0.1) is 0 Å². The Hall–Kier alpha value is -1.14. The van der Waals surface area contributed by atoms with E-state index in [4.69, 9.17) is 0 Å². The zero-order valence-electron chi connectivity index (χ0n) is 11.2. The topological polar surface area (TPSA) is 78.9 Å². The van der Waals surface area contributed by atoms with Crippen molar-refractivity contribution < 1.29 is 19.4 Å². The van der Waals surface area contributed by atoms with Crippen molar-refractivity contribution >= 4 is 11.9 Å². The van der Waals surface area contributed by atoms with E-state index >= 15 is 0 Å². The van der Waals surface area contributed by atoms with E-state index < -0.39 is 12.0 Å². The first-order valence-electron chi connectivity index (χ1n) is 6.19. The molecule has 0 aromatic carbocycles. The molecule has 1 fully saturated rings. The van der Waals surface area contributed by atoms with Crippen LogP contribution in [0.5, 0.6) is 0 Å². The third kappa shape index (κ3) is 3.68. The van der Waals surface area contributed by atoms with E-state index in [9.17, 15) is 14.7 Å². The number of amides is 1. The van der Waals surface area contributed by atoms with Crippen LogP contribution < -0.4 is 5.32 Å². The molecule has 1 aliphatic heterocycles. The van der Waals surface area contributed by atoms with Crippen molar-refractivity contribution in [1.82, 2.24) is 10.2 Å². The molecule has 2 N–H and O–H groups in total. The Kier molecular flexibility index (Phi) is 5.55. The highest BCUT2D eigenvalue weighted by molar-refractivity contribution is 5.83. The monoisotopic (exact) mass is 258 g/mol. The molecule has 3 atom stereocenters. The number of esters is 1. The molecule has 1 amide bonds. The molecule has 1 saturated heterocycles. The van der Waals surface area contributed by atoms with Crippen LogP contribution >= 0.6 is 0 Å². The minimum Gasteiger partial charge on any atom is -0.467 e. The van der Waals surface area contributed by atoms with Crippen LogP contribution in [0, 0.1) is 5.92 Å². The summed E-state index contributed by atoms with van der Waals surface area (Å²) in [6.45, 7) is 4.70. The van der Waals surface area contributed by atoms with Crippen LogP contribution in [0.1, 0.15) is 20.3 Å². The summed E-state index contributed by atoms with van der Waals surface area (Å²) in [7, 11) is 1.30. The summed E-state index contributed by atoms with van der Waals surface area (Å²) in [5.41, 5.74) is 0. The van der Waals surface area contributed by atoms with Crippen LogP contribution in [0.2, 0.25) is 0 Å². The van der Waals surface area contributed by atoms with Gasteiger partial charge in [0, 0.05) is 19.5 Å². The third-order valence-corrected chi connectivity index (χ3v) is 3.46. The Bertz CT molecular complexity index is 308. The Labute approximate surface area is 107 Å². The number of carbonyl (C=O) groups excluding carboxylic acids is 2. The van der Waals surface area contributed by atoms with Crippen molar-refractivity contribution in [3.05, 3.63) is 0 Å². The van der Waals surface area contributed by atoms with Crippen molar-refractivity contribution in [2.45, 2.75) is 32.4 Å². The fraction of sp³-hybridized carbons (Fsp3) is 0.833. The second kappa shape index (κ2) is 6.70. The summed E-state index contributed by atoms with van der Waals surface area (Å²) in [5, 5.41) is 11.9. The maximum absolute atomic E-state index is 11.6. The van der Waals surface area contributed by atoms with Crippen LogP contribution in [0.3, 0.4) is 0 Å². The lowest BCUT2D eigenvalue weighted by Gasteiger charge is -2.28. The first kappa shape index (κ1) is 14.9. The number of aliphatic hydroxyl groups excluding tert-OH is 1. The second-order valence-corrected chi connectivity index (χ2v) is 4.79. The number of hydrogen-bond donors (Lipinski definition) is 2. The number of aliphatic hydroxyl groups is 1. The van der Waals surface area contributed by atoms with Crippen LogP contribution in [-0.2, 0) is 14.3 Å². The van der Waals surface area contributed by atoms with E-state index in [1.54, 1.807) is 0 Å². The lowest BCUT2D eigenvalue weighted by atomic mass is 10.0. The van der Waals surface area contributed by atoms with Crippen LogP contribution in [0.15, 0.2) is 0 Å². The lowest BCUT2D eigenvalue weighted by Crippen LogP contribution is -2.50. The van der Waals surface area contributed by atoms with Gasteiger partial charge in [-0.05, 0) is 18.9 Å². The smallest absolute Gasteiger partial charge is 0.329 e. The summed E-state index contributed by atoms with van der Waals surface area (Å²) >= 11 is 0. The highest BCUT2D eigenvalue weighted by atomic mass is 16.5. The normalized spacial score (nSPS) is 25.8. The molecule has 1 heterocycles. The minimum atomic E-state index is -0.674. The van der Waals surface area contributed by atoms with Crippen LogP contribution in [-0.4, -0.2) is 60.8 Å². The number of nitrogens with zero attached hydrogens (tertiary/aromatic N) is 1. The zero-order chi connectivity index (χ0) is 13.7. The fourth-order valence-corrected chi connectivity index (χ4v) is 2.41. The lowest BCUT2D eigenvalue weighted by molar-refractivity contribution is -0.145. The van der Waals surface area contributed by atoms with Crippen molar-refractivity contribution in [2.24, 2.45) is 5.92 Å². The quantitative estimate of drug-likeness (QED) is 0.642. The minimum absolute atomic E-state index is 0.0471. The molecule has 6 nitrogen and oxygen atoms in total. The number of likely N-dealkylation sites (tertiary alicyclic amines) is 1. The van der Waals surface area contributed by atoms with E-state index in [0.717, 1.165) is 13.0 Å². The van der Waals surface area contributed by atoms with Gasteiger partial charge >= 0.3 is 5.97 Å². The molecule has 1 rings (SSSR count).